The van der Waals surface area contributed by atoms with Crippen molar-refractivity contribution in [2.24, 2.45) is 5.41 Å². The lowest BCUT2D eigenvalue weighted by Crippen LogP contribution is -2.66. The van der Waals surface area contributed by atoms with Gasteiger partial charge in [0.05, 0.1) is 67.0 Å². The van der Waals surface area contributed by atoms with Gasteiger partial charge in [-0.25, -0.2) is 0 Å². The third-order valence-electron chi connectivity index (χ3n) is 13.5. The number of carbonyl (C=O) groups excluding carboxylic acids is 1. The summed E-state index contributed by atoms with van der Waals surface area (Å²) in [4.78, 5) is 13.2. The first-order chi connectivity index (χ1) is 28.1. The molecule has 6 rings (SSSR count). The van der Waals surface area contributed by atoms with Gasteiger partial charge in [0.1, 0.15) is 18.8 Å². The van der Waals surface area contributed by atoms with E-state index in [1.54, 1.807) is 0 Å². The SMILES string of the molecule is CC(C)[Si](O[C@H]1CCC[C@H]2O[C@H]3C[C@H]4O[C@H](CCCOCc5ccccc5)C[C@H](OCc5ccccc5)[C@@H]4O[C@@H]3C[C@]2(C)O[C@@H]1COC(=O)C(C)(C)C)(C(C)C)C(C)C. The van der Waals surface area contributed by atoms with Crippen molar-refractivity contribution in [3.63, 3.8) is 0 Å². The monoisotopic (exact) mass is 837 g/mol. The van der Waals surface area contributed by atoms with Crippen molar-refractivity contribution in [2.75, 3.05) is 13.2 Å². The third kappa shape index (κ3) is 11.5. The van der Waals surface area contributed by atoms with Gasteiger partial charge in [-0.1, -0.05) is 102 Å². The van der Waals surface area contributed by atoms with E-state index in [2.05, 4.69) is 84.9 Å². The Hall–Kier alpha value is -2.15. The van der Waals surface area contributed by atoms with Crippen molar-refractivity contribution >= 4 is 14.3 Å². The van der Waals surface area contributed by atoms with E-state index in [0.717, 1.165) is 50.5 Å². The average Bonchev–Trinajstić information content (AvgIpc) is 3.18. The van der Waals surface area contributed by atoms with Crippen LogP contribution in [0.25, 0.3) is 0 Å². The summed E-state index contributed by atoms with van der Waals surface area (Å²) in [5, 5.41) is 0. The molecule has 59 heavy (non-hydrogen) atoms. The van der Waals surface area contributed by atoms with E-state index >= 15 is 0 Å². The smallest absolute Gasteiger partial charge is 0.311 e. The van der Waals surface area contributed by atoms with Gasteiger partial charge in [0.25, 0.3) is 0 Å². The highest BCUT2D eigenvalue weighted by Gasteiger charge is 2.56. The molecule has 0 N–H and O–H groups in total. The van der Waals surface area contributed by atoms with Crippen molar-refractivity contribution in [1.29, 1.82) is 0 Å². The highest BCUT2D eigenvalue weighted by atomic mass is 28.4. The first-order valence-corrected chi connectivity index (χ1v) is 25.0. The molecule has 0 bridgehead atoms. The van der Waals surface area contributed by atoms with Crippen LogP contribution in [-0.2, 0) is 55.6 Å². The van der Waals surface area contributed by atoms with Crippen LogP contribution in [-0.4, -0.2) is 88.0 Å². The Kier molecular flexibility index (Phi) is 16.0. The summed E-state index contributed by atoms with van der Waals surface area (Å²) in [5.41, 5.74) is 2.27. The fourth-order valence-electron chi connectivity index (χ4n) is 10.5. The fraction of sp³-hybridized carbons (Fsp3) is 0.735. The van der Waals surface area contributed by atoms with Crippen molar-refractivity contribution in [3.05, 3.63) is 71.8 Å². The van der Waals surface area contributed by atoms with Crippen molar-refractivity contribution in [3.8, 4) is 0 Å². The standard InChI is InChI=1S/C49H76O9Si/c1-33(2)59(34(3)4,35(5)6)58-39-24-17-25-45-49(10,57-44(39)32-53-47(50)48(7,8)9)29-43-40(55-45)28-42-46(56-43)41(52-31-37-21-15-12-16-22-37)27-38(54-42)23-18-26-51-30-36-19-13-11-14-20-36/h11-16,19-22,33-35,38-46H,17-18,23-32H2,1-10H3/t38-,39+,40+,41+,42-,43-,44-,45-,46+,49+/m1/s1. The Morgan fingerprint density at radius 1 is 0.797 bits per heavy atom. The molecule has 4 aliphatic heterocycles. The molecule has 4 aliphatic rings. The average molecular weight is 837 g/mol. The van der Waals surface area contributed by atoms with Gasteiger partial charge in [-0.05, 0) is 87.5 Å². The second-order valence-corrected chi connectivity index (χ2v) is 25.4. The Morgan fingerprint density at radius 2 is 1.44 bits per heavy atom. The molecule has 0 spiro atoms. The maximum atomic E-state index is 13.2. The second kappa shape index (κ2) is 20.4. The zero-order valence-electron chi connectivity index (χ0n) is 37.9. The normalized spacial score (nSPS) is 31.6. The molecule has 10 atom stereocenters. The number of hydrogen-bond acceptors (Lipinski definition) is 9. The Balaban J connectivity index is 1.18. The number of fused-ring (bicyclic) bond motifs is 3. The molecule has 4 saturated heterocycles. The molecule has 4 heterocycles. The van der Waals surface area contributed by atoms with Crippen LogP contribution in [0, 0.1) is 5.41 Å². The fourth-order valence-corrected chi connectivity index (χ4v) is 16.1. The molecule has 330 valence electrons. The molecular formula is C49H76O9Si. The molecule has 0 saturated carbocycles. The quantitative estimate of drug-likeness (QED) is 0.0931. The molecule has 2 aromatic carbocycles. The van der Waals surface area contributed by atoms with Crippen LogP contribution < -0.4 is 0 Å². The second-order valence-electron chi connectivity index (χ2n) is 20.0. The van der Waals surface area contributed by atoms with Crippen molar-refractivity contribution < 1.29 is 42.4 Å². The maximum absolute atomic E-state index is 13.2. The lowest BCUT2D eigenvalue weighted by Gasteiger charge is -2.56. The van der Waals surface area contributed by atoms with Crippen LogP contribution in [0.15, 0.2) is 60.7 Å². The molecule has 4 fully saturated rings. The maximum Gasteiger partial charge on any atom is 0.311 e. The van der Waals surface area contributed by atoms with Crippen LogP contribution in [0.3, 0.4) is 0 Å². The van der Waals surface area contributed by atoms with Crippen LogP contribution in [0.4, 0.5) is 0 Å². The van der Waals surface area contributed by atoms with Gasteiger partial charge < -0.3 is 37.6 Å². The van der Waals surface area contributed by atoms with Crippen molar-refractivity contribution in [2.45, 2.75) is 211 Å². The van der Waals surface area contributed by atoms with E-state index in [1.165, 1.54) is 5.56 Å². The predicted molar refractivity (Wildman–Crippen MR) is 234 cm³/mol. The number of carbonyl (C=O) groups is 1. The topological polar surface area (TPSA) is 90.9 Å². The van der Waals surface area contributed by atoms with Crippen LogP contribution in [0.2, 0.25) is 16.6 Å². The van der Waals surface area contributed by atoms with Crippen LogP contribution in [0.5, 0.6) is 0 Å². The number of rotatable bonds is 16. The number of ether oxygens (including phenoxy) is 7. The molecule has 0 radical (unpaired) electrons. The third-order valence-corrected chi connectivity index (χ3v) is 19.6. The van der Waals surface area contributed by atoms with Crippen LogP contribution in [0.1, 0.15) is 132 Å². The summed E-state index contributed by atoms with van der Waals surface area (Å²) < 4.78 is 54.7. The van der Waals surface area contributed by atoms with Gasteiger partial charge in [-0.3, -0.25) is 4.79 Å². The molecule has 0 aliphatic carbocycles. The van der Waals surface area contributed by atoms with E-state index < -0.39 is 25.4 Å². The first-order valence-electron chi connectivity index (χ1n) is 22.9. The lowest BCUT2D eigenvalue weighted by atomic mass is 9.79. The molecule has 0 amide bonds. The van der Waals surface area contributed by atoms with E-state index in [0.29, 0.717) is 42.9 Å². The highest BCUT2D eigenvalue weighted by molar-refractivity contribution is 6.77. The van der Waals surface area contributed by atoms with Crippen LogP contribution >= 0.6 is 0 Å². The first kappa shape index (κ1) is 46.4. The van der Waals surface area contributed by atoms with E-state index in [1.807, 2.05) is 45.0 Å². The molecule has 0 unspecified atom stereocenters. The molecule has 0 aromatic heterocycles. The van der Waals surface area contributed by atoms with E-state index in [-0.39, 0.29) is 61.4 Å². The minimum absolute atomic E-state index is 0.0442. The van der Waals surface area contributed by atoms with Gasteiger partial charge in [0.15, 0.2) is 0 Å². The summed E-state index contributed by atoms with van der Waals surface area (Å²) in [5.74, 6) is -0.234. The Morgan fingerprint density at radius 3 is 2.07 bits per heavy atom. The minimum Gasteiger partial charge on any atom is -0.462 e. The van der Waals surface area contributed by atoms with E-state index in [4.69, 9.17) is 37.6 Å². The van der Waals surface area contributed by atoms with Crippen molar-refractivity contribution in [1.82, 2.24) is 0 Å². The summed E-state index contributed by atoms with van der Waals surface area (Å²) in [7, 11) is -2.29. The zero-order chi connectivity index (χ0) is 42.4. The molecular weight excluding hydrogens is 761 g/mol. The lowest BCUT2D eigenvalue weighted by molar-refractivity contribution is -0.321. The number of hydrogen-bond donors (Lipinski definition) is 0. The van der Waals surface area contributed by atoms with Gasteiger partial charge in [0, 0.05) is 25.9 Å². The summed E-state index contributed by atoms with van der Waals surface area (Å²) in [6.07, 6.45) is 5.06. The minimum atomic E-state index is -2.29. The number of esters is 1. The summed E-state index contributed by atoms with van der Waals surface area (Å²) in [6, 6.07) is 20.7. The van der Waals surface area contributed by atoms with Gasteiger partial charge >= 0.3 is 5.97 Å². The van der Waals surface area contributed by atoms with Gasteiger partial charge in [-0.15, -0.1) is 0 Å². The predicted octanol–water partition coefficient (Wildman–Crippen LogP) is 10.5. The summed E-state index contributed by atoms with van der Waals surface area (Å²) in [6.45, 7) is 23.7. The number of benzene rings is 2. The highest BCUT2D eigenvalue weighted by Crippen LogP contribution is 2.48. The Labute approximate surface area is 357 Å². The zero-order valence-corrected chi connectivity index (χ0v) is 38.9. The molecule has 10 heteroatoms. The van der Waals surface area contributed by atoms with Gasteiger partial charge in [-0.2, -0.15) is 0 Å². The molecule has 9 nitrogen and oxygen atoms in total. The summed E-state index contributed by atoms with van der Waals surface area (Å²) >= 11 is 0. The Bertz CT molecular complexity index is 1560. The van der Waals surface area contributed by atoms with E-state index in [9.17, 15) is 4.79 Å². The molecule has 2 aromatic rings. The van der Waals surface area contributed by atoms with Gasteiger partial charge in [0.2, 0.25) is 8.32 Å². The largest absolute Gasteiger partial charge is 0.462 e.